The predicted octanol–water partition coefficient (Wildman–Crippen LogP) is 2.52. The number of nitrogens with zero attached hydrogens (tertiary/aromatic N) is 1. The second-order valence-electron chi connectivity index (χ2n) is 5.74. The molecule has 0 aromatic heterocycles. The van der Waals surface area contributed by atoms with Gasteiger partial charge in [0.05, 0.1) is 4.90 Å². The Morgan fingerprint density at radius 1 is 1.19 bits per heavy atom. The molecule has 0 aliphatic carbocycles. The zero-order chi connectivity index (χ0) is 15.5. The third kappa shape index (κ3) is 3.47. The molecular formula is C16H26N2O2S. The van der Waals surface area contributed by atoms with Crippen molar-refractivity contribution in [3.8, 4) is 0 Å². The number of benzene rings is 1. The van der Waals surface area contributed by atoms with Crippen LogP contribution in [0, 0.1) is 5.92 Å². The Morgan fingerprint density at radius 2 is 1.86 bits per heavy atom. The second-order valence-corrected chi connectivity index (χ2v) is 7.68. The fourth-order valence-electron chi connectivity index (χ4n) is 3.00. The molecule has 5 heteroatoms. The molecule has 0 atom stereocenters. The van der Waals surface area contributed by atoms with E-state index in [9.17, 15) is 8.42 Å². The lowest BCUT2D eigenvalue weighted by Crippen LogP contribution is -2.38. The molecule has 1 aromatic carbocycles. The molecule has 1 aromatic rings. The normalized spacial score (nSPS) is 18.0. The molecule has 0 saturated carbocycles. The summed E-state index contributed by atoms with van der Waals surface area (Å²) in [6.45, 7) is 5.87. The molecule has 0 radical (unpaired) electrons. The van der Waals surface area contributed by atoms with Crippen LogP contribution in [0.5, 0.6) is 0 Å². The topological polar surface area (TPSA) is 63.4 Å². The fraction of sp³-hybridized carbons (Fsp3) is 0.625. The van der Waals surface area contributed by atoms with E-state index in [1.165, 1.54) is 0 Å². The third-order valence-corrected chi connectivity index (χ3v) is 6.46. The van der Waals surface area contributed by atoms with Crippen LogP contribution in [0.2, 0.25) is 0 Å². The van der Waals surface area contributed by atoms with Crippen molar-refractivity contribution in [3.05, 3.63) is 29.3 Å². The Labute approximate surface area is 128 Å². The van der Waals surface area contributed by atoms with E-state index < -0.39 is 10.0 Å². The van der Waals surface area contributed by atoms with Crippen LogP contribution in [0.3, 0.4) is 0 Å². The van der Waals surface area contributed by atoms with Crippen molar-refractivity contribution in [3.63, 3.8) is 0 Å². The predicted molar refractivity (Wildman–Crippen MR) is 85.5 cm³/mol. The van der Waals surface area contributed by atoms with Gasteiger partial charge < -0.3 is 5.73 Å². The summed E-state index contributed by atoms with van der Waals surface area (Å²) in [6, 6.07) is 5.37. The lowest BCUT2D eigenvalue weighted by atomic mass is 9.96. The van der Waals surface area contributed by atoms with Crippen LogP contribution in [-0.4, -0.2) is 25.8 Å². The summed E-state index contributed by atoms with van der Waals surface area (Å²) in [5.74, 6) is 0.665. The minimum Gasteiger partial charge on any atom is -0.326 e. The Kier molecular flexibility index (Phi) is 5.41. The van der Waals surface area contributed by atoms with Gasteiger partial charge in [0, 0.05) is 19.6 Å². The van der Waals surface area contributed by atoms with Gasteiger partial charge in [-0.05, 0) is 48.4 Å². The van der Waals surface area contributed by atoms with Crippen LogP contribution >= 0.6 is 0 Å². The van der Waals surface area contributed by atoms with Crippen molar-refractivity contribution in [2.24, 2.45) is 11.7 Å². The molecule has 21 heavy (non-hydrogen) atoms. The first kappa shape index (κ1) is 16.5. The maximum absolute atomic E-state index is 12.7. The fourth-order valence-corrected chi connectivity index (χ4v) is 4.53. The molecule has 2 rings (SSSR count). The van der Waals surface area contributed by atoms with Crippen molar-refractivity contribution < 1.29 is 8.42 Å². The van der Waals surface area contributed by atoms with E-state index in [0.29, 0.717) is 30.4 Å². The number of piperidine rings is 1. The molecule has 2 N–H and O–H groups in total. The van der Waals surface area contributed by atoms with E-state index in [0.717, 1.165) is 36.8 Å². The van der Waals surface area contributed by atoms with E-state index >= 15 is 0 Å². The number of aryl methyl sites for hydroxylation is 1. The summed E-state index contributed by atoms with van der Waals surface area (Å²) in [5.41, 5.74) is 7.80. The van der Waals surface area contributed by atoms with Gasteiger partial charge in [-0.3, -0.25) is 0 Å². The van der Waals surface area contributed by atoms with E-state index in [1.54, 1.807) is 16.4 Å². The summed E-state index contributed by atoms with van der Waals surface area (Å²) in [4.78, 5) is 0.384. The highest BCUT2D eigenvalue weighted by atomic mass is 32.2. The van der Waals surface area contributed by atoms with Crippen LogP contribution in [0.15, 0.2) is 23.1 Å². The van der Waals surface area contributed by atoms with Crippen molar-refractivity contribution in [2.75, 3.05) is 13.1 Å². The number of rotatable bonds is 5. The average molecular weight is 310 g/mol. The van der Waals surface area contributed by atoms with Gasteiger partial charge in [0.2, 0.25) is 10.0 Å². The summed E-state index contributed by atoms with van der Waals surface area (Å²) >= 11 is 0. The highest BCUT2D eigenvalue weighted by Gasteiger charge is 2.29. The lowest BCUT2D eigenvalue weighted by molar-refractivity contribution is 0.269. The maximum atomic E-state index is 12.7. The molecule has 1 heterocycles. The second kappa shape index (κ2) is 6.90. The van der Waals surface area contributed by atoms with Crippen LogP contribution < -0.4 is 5.73 Å². The van der Waals surface area contributed by atoms with Crippen molar-refractivity contribution in [1.29, 1.82) is 0 Å². The smallest absolute Gasteiger partial charge is 0.243 e. The van der Waals surface area contributed by atoms with Crippen LogP contribution in [0.4, 0.5) is 0 Å². The summed E-state index contributed by atoms with van der Waals surface area (Å²) in [6.07, 6.45) is 3.93. The molecule has 4 nitrogen and oxygen atoms in total. The van der Waals surface area contributed by atoms with Gasteiger partial charge in [-0.2, -0.15) is 4.31 Å². The van der Waals surface area contributed by atoms with Crippen LogP contribution in [0.25, 0.3) is 0 Å². The minimum atomic E-state index is -3.37. The first-order valence-electron chi connectivity index (χ1n) is 7.84. The number of hydrogen-bond donors (Lipinski definition) is 1. The van der Waals surface area contributed by atoms with Crippen molar-refractivity contribution in [1.82, 2.24) is 4.31 Å². The van der Waals surface area contributed by atoms with Crippen LogP contribution in [-0.2, 0) is 23.0 Å². The monoisotopic (exact) mass is 310 g/mol. The molecule has 1 aliphatic heterocycles. The van der Waals surface area contributed by atoms with E-state index in [4.69, 9.17) is 5.73 Å². The molecule has 1 aliphatic rings. The molecule has 118 valence electrons. The molecule has 0 spiro atoms. The first-order chi connectivity index (χ1) is 10.0. The van der Waals surface area contributed by atoms with Gasteiger partial charge in [-0.1, -0.05) is 26.3 Å². The maximum Gasteiger partial charge on any atom is 0.243 e. The molecule has 1 saturated heterocycles. The Morgan fingerprint density at radius 3 is 2.38 bits per heavy atom. The molecular weight excluding hydrogens is 284 g/mol. The first-order valence-corrected chi connectivity index (χ1v) is 9.28. The van der Waals surface area contributed by atoms with E-state index in [1.807, 2.05) is 6.07 Å². The number of nitrogens with two attached hydrogens (primary N) is 1. The molecule has 0 bridgehead atoms. The van der Waals surface area contributed by atoms with Crippen LogP contribution in [0.1, 0.15) is 44.2 Å². The highest BCUT2D eigenvalue weighted by Crippen LogP contribution is 2.26. The Hall–Kier alpha value is -0.910. The van der Waals surface area contributed by atoms with Gasteiger partial charge in [-0.15, -0.1) is 0 Å². The third-order valence-electron chi connectivity index (χ3n) is 4.57. The van der Waals surface area contributed by atoms with Gasteiger partial charge >= 0.3 is 0 Å². The zero-order valence-corrected chi connectivity index (χ0v) is 13.8. The molecule has 1 fully saturated rings. The average Bonchev–Trinajstić information content (AvgIpc) is 2.54. The van der Waals surface area contributed by atoms with Crippen molar-refractivity contribution >= 4 is 10.0 Å². The largest absolute Gasteiger partial charge is 0.326 e. The standard InChI is InChI=1S/C16H26N2O2S/c1-3-13-7-9-18(10-8-13)21(19,20)16-6-5-14(4-2)15(11-16)12-17/h5-6,11,13H,3-4,7-10,12,17H2,1-2H3. The van der Waals surface area contributed by atoms with Crippen molar-refractivity contribution in [2.45, 2.75) is 51.0 Å². The number of sulfonamides is 1. The zero-order valence-electron chi connectivity index (χ0n) is 13.0. The van der Waals surface area contributed by atoms with Gasteiger partial charge in [0.15, 0.2) is 0 Å². The van der Waals surface area contributed by atoms with E-state index in [2.05, 4.69) is 13.8 Å². The SMILES string of the molecule is CCc1ccc(S(=O)(=O)N2CCC(CC)CC2)cc1CN. The minimum absolute atomic E-state index is 0.379. The summed E-state index contributed by atoms with van der Waals surface area (Å²) in [7, 11) is -3.37. The highest BCUT2D eigenvalue weighted by molar-refractivity contribution is 7.89. The van der Waals surface area contributed by atoms with Gasteiger partial charge in [0.1, 0.15) is 0 Å². The summed E-state index contributed by atoms with van der Waals surface area (Å²) in [5, 5.41) is 0. The van der Waals surface area contributed by atoms with E-state index in [-0.39, 0.29) is 0 Å². The Balaban J connectivity index is 2.24. The van der Waals surface area contributed by atoms with Gasteiger partial charge in [0.25, 0.3) is 0 Å². The molecule has 0 unspecified atom stereocenters. The lowest BCUT2D eigenvalue weighted by Gasteiger charge is -2.30. The van der Waals surface area contributed by atoms with Gasteiger partial charge in [-0.25, -0.2) is 8.42 Å². The quantitative estimate of drug-likeness (QED) is 0.909. The Bertz CT molecular complexity index is 576. The summed E-state index contributed by atoms with van der Waals surface area (Å²) < 4.78 is 27.1. The number of hydrogen-bond acceptors (Lipinski definition) is 3. The molecule has 0 amide bonds.